The van der Waals surface area contributed by atoms with E-state index >= 15 is 0 Å². The normalized spacial score (nSPS) is 14.1. The molecule has 1 amide bonds. The number of carbonyl (C=O) groups is 1. The van der Waals surface area contributed by atoms with Crippen LogP contribution >= 0.6 is 23.7 Å². The largest absolute Gasteiger partial charge is 0.351 e. The third-order valence-electron chi connectivity index (χ3n) is 6.79. The van der Waals surface area contributed by atoms with Crippen LogP contribution in [0.15, 0.2) is 65.6 Å². The van der Waals surface area contributed by atoms with E-state index in [9.17, 15) is 17.6 Å². The van der Waals surface area contributed by atoms with Gasteiger partial charge in [-0.05, 0) is 67.4 Å². The van der Waals surface area contributed by atoms with Crippen LogP contribution in [0.3, 0.4) is 0 Å². The molecule has 40 heavy (non-hydrogen) atoms. The first-order chi connectivity index (χ1) is 18.7. The number of thiazole rings is 1. The molecule has 0 saturated carbocycles. The number of rotatable bonds is 8. The van der Waals surface area contributed by atoms with Gasteiger partial charge in [0.2, 0.25) is 0 Å². The summed E-state index contributed by atoms with van der Waals surface area (Å²) < 4.78 is 42.0. The molecule has 0 radical (unpaired) electrons. The van der Waals surface area contributed by atoms with Gasteiger partial charge in [-0.2, -0.15) is 0 Å². The van der Waals surface area contributed by atoms with Crippen LogP contribution in [-0.2, 0) is 10.0 Å². The summed E-state index contributed by atoms with van der Waals surface area (Å²) in [5.74, 6) is -0.801. The van der Waals surface area contributed by atoms with E-state index in [0.717, 1.165) is 49.0 Å². The highest BCUT2D eigenvalue weighted by Gasteiger charge is 2.21. The van der Waals surface area contributed by atoms with Gasteiger partial charge in [-0.1, -0.05) is 29.5 Å². The van der Waals surface area contributed by atoms with E-state index in [2.05, 4.69) is 45.8 Å². The number of anilines is 2. The Kier molecular flexibility index (Phi) is 9.29. The van der Waals surface area contributed by atoms with Crippen LogP contribution in [-0.4, -0.2) is 63.5 Å². The fourth-order valence-corrected chi connectivity index (χ4v) is 6.74. The molecule has 3 aromatic carbocycles. The minimum absolute atomic E-state index is 0. The van der Waals surface area contributed by atoms with Crippen molar-refractivity contribution in [2.24, 2.45) is 0 Å². The first-order valence-electron chi connectivity index (χ1n) is 12.7. The minimum Gasteiger partial charge on any atom is -0.351 e. The summed E-state index contributed by atoms with van der Waals surface area (Å²) >= 11 is 1.75. The van der Waals surface area contributed by atoms with Crippen molar-refractivity contribution in [1.82, 2.24) is 15.2 Å². The summed E-state index contributed by atoms with van der Waals surface area (Å²) in [6.45, 7) is 8.93. The second-order valence-corrected chi connectivity index (χ2v) is 12.3. The molecule has 0 bridgehead atoms. The minimum atomic E-state index is -3.90. The van der Waals surface area contributed by atoms with Gasteiger partial charge in [0.1, 0.15) is 5.82 Å². The van der Waals surface area contributed by atoms with Crippen molar-refractivity contribution in [1.29, 1.82) is 0 Å². The van der Waals surface area contributed by atoms with Crippen LogP contribution in [0.25, 0.3) is 10.2 Å². The van der Waals surface area contributed by atoms with Crippen molar-refractivity contribution in [2.45, 2.75) is 18.7 Å². The highest BCUT2D eigenvalue weighted by molar-refractivity contribution is 7.92. The van der Waals surface area contributed by atoms with E-state index in [1.165, 1.54) is 34.0 Å². The summed E-state index contributed by atoms with van der Waals surface area (Å²) in [4.78, 5) is 22.2. The molecule has 2 heterocycles. The van der Waals surface area contributed by atoms with Gasteiger partial charge in [0, 0.05) is 50.5 Å². The Balaban J connectivity index is 0.00000370. The number of fused-ring (bicyclic) bond motifs is 1. The molecule has 4 aromatic rings. The molecule has 12 heteroatoms. The number of hydrogen-bond donors (Lipinski definition) is 2. The Morgan fingerprint density at radius 3 is 2.40 bits per heavy atom. The van der Waals surface area contributed by atoms with Crippen molar-refractivity contribution in [3.05, 3.63) is 83.2 Å². The third-order valence-corrected chi connectivity index (χ3v) is 9.44. The Morgan fingerprint density at radius 2 is 1.70 bits per heavy atom. The zero-order valence-corrected chi connectivity index (χ0v) is 24.6. The summed E-state index contributed by atoms with van der Waals surface area (Å²) in [5, 5.41) is 3.98. The first-order valence-corrected chi connectivity index (χ1v) is 15.0. The molecular formula is C28H31ClFN5O3S2. The lowest BCUT2D eigenvalue weighted by Crippen LogP contribution is -2.48. The number of nitrogens with zero attached hydrogens (tertiary/aromatic N) is 3. The first kappa shape index (κ1) is 29.7. The van der Waals surface area contributed by atoms with Crippen molar-refractivity contribution in [3.63, 3.8) is 0 Å². The van der Waals surface area contributed by atoms with Crippen molar-refractivity contribution in [2.75, 3.05) is 48.9 Å². The molecule has 0 unspecified atom stereocenters. The maximum absolute atomic E-state index is 13.1. The second-order valence-electron chi connectivity index (χ2n) is 9.60. The summed E-state index contributed by atoms with van der Waals surface area (Å²) in [6.07, 6.45) is 0. The number of piperazine rings is 1. The Labute approximate surface area is 243 Å². The van der Waals surface area contributed by atoms with E-state index < -0.39 is 15.8 Å². The average molecular weight is 604 g/mol. The fourth-order valence-electron chi connectivity index (χ4n) is 4.53. The maximum atomic E-state index is 13.1. The molecule has 2 N–H and O–H groups in total. The van der Waals surface area contributed by atoms with E-state index in [4.69, 9.17) is 4.98 Å². The van der Waals surface area contributed by atoms with Gasteiger partial charge in [-0.3, -0.25) is 14.4 Å². The predicted octanol–water partition coefficient (Wildman–Crippen LogP) is 4.83. The molecule has 0 atom stereocenters. The number of nitrogens with one attached hydrogen (secondary N) is 2. The van der Waals surface area contributed by atoms with Gasteiger partial charge in [-0.15, -0.1) is 12.4 Å². The number of halogens is 2. The molecule has 1 aliphatic heterocycles. The van der Waals surface area contributed by atoms with Crippen LogP contribution in [0.1, 0.15) is 21.5 Å². The fraction of sp³-hybridized carbons (Fsp3) is 0.286. The lowest BCUT2D eigenvalue weighted by molar-refractivity contribution is 0.0948. The topological polar surface area (TPSA) is 94.6 Å². The van der Waals surface area contributed by atoms with Crippen molar-refractivity contribution < 1.29 is 17.6 Å². The number of hydrogen-bond acceptors (Lipinski definition) is 7. The van der Waals surface area contributed by atoms with Crippen LogP contribution in [0, 0.1) is 19.7 Å². The highest BCUT2D eigenvalue weighted by atomic mass is 35.5. The molecule has 1 aliphatic rings. The summed E-state index contributed by atoms with van der Waals surface area (Å²) in [6, 6.07) is 15.1. The quantitative estimate of drug-likeness (QED) is 0.300. The van der Waals surface area contributed by atoms with Crippen LogP contribution in [0.5, 0.6) is 0 Å². The Morgan fingerprint density at radius 1 is 1.00 bits per heavy atom. The highest BCUT2D eigenvalue weighted by Crippen LogP contribution is 2.33. The molecule has 1 fully saturated rings. The smallest absolute Gasteiger partial charge is 0.261 e. The molecule has 0 spiro atoms. The lowest BCUT2D eigenvalue weighted by Gasteiger charge is -2.34. The zero-order chi connectivity index (χ0) is 27.6. The molecule has 5 rings (SSSR count). The molecule has 8 nitrogen and oxygen atoms in total. The Bertz CT molecular complexity index is 1570. The van der Waals surface area contributed by atoms with Crippen LogP contribution in [0.4, 0.5) is 15.2 Å². The number of carbonyl (C=O) groups excluding carboxylic acids is 1. The predicted molar refractivity (Wildman–Crippen MR) is 161 cm³/mol. The van der Waals surface area contributed by atoms with E-state index in [1.807, 2.05) is 0 Å². The monoisotopic (exact) mass is 603 g/mol. The average Bonchev–Trinajstić information content (AvgIpc) is 3.38. The van der Waals surface area contributed by atoms with E-state index in [-0.39, 0.29) is 28.9 Å². The van der Waals surface area contributed by atoms with Crippen molar-refractivity contribution in [3.8, 4) is 0 Å². The molecule has 212 valence electrons. The van der Waals surface area contributed by atoms with Crippen LogP contribution < -0.4 is 14.9 Å². The summed E-state index contributed by atoms with van der Waals surface area (Å²) in [7, 11) is -3.90. The standard InChI is InChI=1S/C28H30FN5O3S2.ClH/c1-19-6-7-20(2)26-25(19)31-28(38-26)34-16-14-33(15-17-34)13-12-30-27(35)21-4-3-5-23(18-21)32-39(36,37)24-10-8-22(29)9-11-24;/h3-11,18,32H,12-17H2,1-2H3,(H,30,35);1H. The number of aryl methyl sites for hydroxylation is 2. The van der Waals surface area contributed by atoms with E-state index in [0.29, 0.717) is 18.7 Å². The van der Waals surface area contributed by atoms with Crippen LogP contribution in [0.2, 0.25) is 0 Å². The van der Waals surface area contributed by atoms with E-state index in [1.54, 1.807) is 29.5 Å². The Hall–Kier alpha value is -3.25. The third kappa shape index (κ3) is 6.72. The van der Waals surface area contributed by atoms with Crippen molar-refractivity contribution >= 4 is 60.7 Å². The van der Waals surface area contributed by atoms with Gasteiger partial charge in [-0.25, -0.2) is 17.8 Å². The van der Waals surface area contributed by atoms with Gasteiger partial charge in [0.05, 0.1) is 15.1 Å². The zero-order valence-electron chi connectivity index (χ0n) is 22.2. The summed E-state index contributed by atoms with van der Waals surface area (Å²) in [5.41, 5.74) is 4.14. The second kappa shape index (κ2) is 12.5. The number of benzene rings is 3. The van der Waals surface area contributed by atoms with Gasteiger partial charge < -0.3 is 10.2 Å². The van der Waals surface area contributed by atoms with Gasteiger partial charge in [0.15, 0.2) is 5.13 Å². The van der Waals surface area contributed by atoms with Gasteiger partial charge >= 0.3 is 0 Å². The van der Waals surface area contributed by atoms with Gasteiger partial charge in [0.25, 0.3) is 15.9 Å². The molecule has 1 aromatic heterocycles. The maximum Gasteiger partial charge on any atom is 0.261 e. The number of amides is 1. The number of aromatic nitrogens is 1. The molecule has 0 aliphatic carbocycles. The SMILES string of the molecule is Cc1ccc(C)c2sc(N3CCN(CCNC(=O)c4cccc(NS(=O)(=O)c5ccc(F)cc5)c4)CC3)nc12.Cl. The molecular weight excluding hydrogens is 573 g/mol. The molecule has 1 saturated heterocycles. The number of sulfonamides is 1. The lowest BCUT2D eigenvalue weighted by atomic mass is 10.1.